The predicted molar refractivity (Wildman–Crippen MR) is 105 cm³/mol. The summed E-state index contributed by atoms with van der Waals surface area (Å²) in [5.41, 5.74) is 2.01. The highest BCUT2D eigenvalue weighted by Crippen LogP contribution is 2.22. The molecular formula is C22H25N3O2. The Morgan fingerprint density at radius 2 is 1.67 bits per heavy atom. The van der Waals surface area contributed by atoms with Crippen molar-refractivity contribution in [2.45, 2.75) is 38.5 Å². The fourth-order valence-corrected chi connectivity index (χ4v) is 2.85. The first-order chi connectivity index (χ1) is 13.0. The smallest absolute Gasteiger partial charge is 0.247 e. The third kappa shape index (κ3) is 5.26. The minimum Gasteiger partial charge on any atom is -0.421 e. The number of aryl methyl sites for hydroxylation is 1. The number of amides is 1. The molecule has 0 radical (unpaired) electrons. The number of aromatic nitrogens is 2. The molecule has 5 heteroatoms. The Bertz CT molecular complexity index is 858. The highest BCUT2D eigenvalue weighted by atomic mass is 16.4. The summed E-state index contributed by atoms with van der Waals surface area (Å²) in [7, 11) is 0. The first-order valence-electron chi connectivity index (χ1n) is 9.25. The van der Waals surface area contributed by atoms with Crippen molar-refractivity contribution in [1.82, 2.24) is 15.5 Å². The van der Waals surface area contributed by atoms with Gasteiger partial charge in [-0.15, -0.1) is 10.2 Å². The van der Waals surface area contributed by atoms with Crippen molar-refractivity contribution in [1.29, 1.82) is 0 Å². The molecule has 27 heavy (non-hydrogen) atoms. The normalized spacial score (nSPS) is 11.3. The summed E-state index contributed by atoms with van der Waals surface area (Å²) in [6, 6.07) is 19.9. The average Bonchev–Trinajstić information content (AvgIpc) is 3.17. The molecule has 0 atom stereocenters. The summed E-state index contributed by atoms with van der Waals surface area (Å²) >= 11 is 0. The van der Waals surface area contributed by atoms with Crippen LogP contribution in [0.4, 0.5) is 0 Å². The Hall–Kier alpha value is -2.95. The van der Waals surface area contributed by atoms with Gasteiger partial charge in [0.05, 0.1) is 0 Å². The van der Waals surface area contributed by atoms with Crippen molar-refractivity contribution in [3.8, 4) is 11.5 Å². The van der Waals surface area contributed by atoms with Gasteiger partial charge in [0.25, 0.3) is 0 Å². The highest BCUT2D eigenvalue weighted by molar-refractivity contribution is 5.76. The van der Waals surface area contributed by atoms with E-state index in [1.807, 2.05) is 48.5 Å². The molecule has 1 heterocycles. The predicted octanol–water partition coefficient (Wildman–Crippen LogP) is 4.15. The van der Waals surface area contributed by atoms with Gasteiger partial charge in [-0.3, -0.25) is 4.79 Å². The monoisotopic (exact) mass is 363 g/mol. The van der Waals surface area contributed by atoms with Crippen LogP contribution in [0.2, 0.25) is 0 Å². The van der Waals surface area contributed by atoms with Gasteiger partial charge in [0.2, 0.25) is 17.7 Å². The molecule has 1 N–H and O–H groups in total. The lowest BCUT2D eigenvalue weighted by molar-refractivity contribution is -0.121. The molecule has 140 valence electrons. The van der Waals surface area contributed by atoms with Gasteiger partial charge in [-0.1, -0.05) is 62.4 Å². The summed E-state index contributed by atoms with van der Waals surface area (Å²) in [6.07, 6.45) is 1.71. The molecule has 0 bridgehead atoms. The number of carbonyl (C=O) groups excluding carboxylic acids is 1. The average molecular weight is 363 g/mol. The van der Waals surface area contributed by atoms with Gasteiger partial charge >= 0.3 is 0 Å². The van der Waals surface area contributed by atoms with Crippen LogP contribution in [0, 0.1) is 0 Å². The lowest BCUT2D eigenvalue weighted by Crippen LogP contribution is -2.36. The summed E-state index contributed by atoms with van der Waals surface area (Å²) in [6.45, 7) is 4.87. The molecule has 3 aromatic rings. The van der Waals surface area contributed by atoms with E-state index in [1.165, 1.54) is 5.56 Å². The molecule has 1 aromatic heterocycles. The van der Waals surface area contributed by atoms with E-state index < -0.39 is 0 Å². The first-order valence-corrected chi connectivity index (χ1v) is 9.25. The van der Waals surface area contributed by atoms with E-state index in [0.29, 0.717) is 37.6 Å². The summed E-state index contributed by atoms with van der Waals surface area (Å²) in [5.74, 6) is 1.12. The van der Waals surface area contributed by atoms with Crippen LogP contribution in [0.3, 0.4) is 0 Å². The van der Waals surface area contributed by atoms with Crippen LogP contribution in [-0.4, -0.2) is 22.6 Å². The second-order valence-electron chi connectivity index (χ2n) is 7.25. The number of nitrogens with one attached hydrogen (secondary N) is 1. The Labute approximate surface area is 159 Å². The van der Waals surface area contributed by atoms with Gasteiger partial charge in [-0.05, 0) is 24.1 Å². The maximum Gasteiger partial charge on any atom is 0.247 e. The fraction of sp³-hybridized carbons (Fsp3) is 0.318. The Morgan fingerprint density at radius 3 is 2.37 bits per heavy atom. The second-order valence-corrected chi connectivity index (χ2v) is 7.25. The molecule has 2 aromatic carbocycles. The van der Waals surface area contributed by atoms with Gasteiger partial charge in [-0.25, -0.2) is 0 Å². The van der Waals surface area contributed by atoms with Crippen molar-refractivity contribution in [3.63, 3.8) is 0 Å². The van der Waals surface area contributed by atoms with Crippen molar-refractivity contribution >= 4 is 5.91 Å². The minimum atomic E-state index is -0.103. The van der Waals surface area contributed by atoms with Crippen molar-refractivity contribution < 1.29 is 9.21 Å². The maximum absolute atomic E-state index is 12.2. The van der Waals surface area contributed by atoms with E-state index in [-0.39, 0.29) is 11.3 Å². The lowest BCUT2D eigenvalue weighted by atomic mass is 9.84. The number of benzene rings is 2. The van der Waals surface area contributed by atoms with Crippen LogP contribution >= 0.6 is 0 Å². The standard InChI is InChI=1S/C22H25N3O2/c1-22(2,18-12-7-4-8-13-18)16-23-19(26)14-9-15-20-24-25-21(27-20)17-10-5-3-6-11-17/h3-8,10-13H,9,14-16H2,1-2H3,(H,23,26). The number of nitrogens with zero attached hydrogens (tertiary/aromatic N) is 2. The molecule has 0 fully saturated rings. The molecular weight excluding hydrogens is 338 g/mol. The van der Waals surface area contributed by atoms with Gasteiger partial charge in [-0.2, -0.15) is 0 Å². The summed E-state index contributed by atoms with van der Waals surface area (Å²) in [5, 5.41) is 11.2. The number of rotatable bonds is 8. The molecule has 0 saturated carbocycles. The van der Waals surface area contributed by atoms with Crippen LogP contribution < -0.4 is 5.32 Å². The highest BCUT2D eigenvalue weighted by Gasteiger charge is 2.21. The molecule has 5 nitrogen and oxygen atoms in total. The number of hydrogen-bond acceptors (Lipinski definition) is 4. The summed E-state index contributed by atoms with van der Waals surface area (Å²) in [4.78, 5) is 12.2. The second kappa shape index (κ2) is 8.62. The molecule has 0 aliphatic heterocycles. The van der Waals surface area contributed by atoms with Crippen molar-refractivity contribution in [2.24, 2.45) is 0 Å². The SMILES string of the molecule is CC(C)(CNC(=O)CCCc1nnc(-c2ccccc2)o1)c1ccccc1. The zero-order chi connectivity index (χ0) is 19.1. The molecule has 1 amide bonds. The van der Waals surface area contributed by atoms with E-state index in [2.05, 4.69) is 41.5 Å². The van der Waals surface area contributed by atoms with E-state index >= 15 is 0 Å². The molecule has 0 unspecified atom stereocenters. The molecule has 0 aliphatic rings. The summed E-state index contributed by atoms with van der Waals surface area (Å²) < 4.78 is 5.67. The number of hydrogen-bond donors (Lipinski definition) is 1. The Balaban J connectivity index is 1.43. The Kier molecular flexibility index (Phi) is 6.01. The quantitative estimate of drug-likeness (QED) is 0.653. The largest absolute Gasteiger partial charge is 0.421 e. The van der Waals surface area contributed by atoms with Gasteiger partial charge < -0.3 is 9.73 Å². The fourth-order valence-electron chi connectivity index (χ4n) is 2.85. The zero-order valence-corrected chi connectivity index (χ0v) is 15.8. The number of carbonyl (C=O) groups is 1. The topological polar surface area (TPSA) is 68.0 Å². The van der Waals surface area contributed by atoms with Crippen LogP contribution in [0.25, 0.3) is 11.5 Å². The molecule has 0 spiro atoms. The van der Waals surface area contributed by atoms with E-state index in [4.69, 9.17) is 4.42 Å². The van der Waals surface area contributed by atoms with Gasteiger partial charge in [0, 0.05) is 30.4 Å². The van der Waals surface area contributed by atoms with Crippen LogP contribution in [0.5, 0.6) is 0 Å². The van der Waals surface area contributed by atoms with E-state index in [1.54, 1.807) is 0 Å². The molecule has 0 aliphatic carbocycles. The zero-order valence-electron chi connectivity index (χ0n) is 15.8. The first kappa shape index (κ1) is 18.8. The van der Waals surface area contributed by atoms with E-state index in [9.17, 15) is 4.79 Å². The minimum absolute atomic E-state index is 0.0433. The van der Waals surface area contributed by atoms with Crippen LogP contribution in [0.1, 0.15) is 38.1 Å². The van der Waals surface area contributed by atoms with Gasteiger partial charge in [0.15, 0.2) is 0 Å². The Morgan fingerprint density at radius 1 is 1.00 bits per heavy atom. The molecule has 0 saturated heterocycles. The van der Waals surface area contributed by atoms with Crippen molar-refractivity contribution in [3.05, 3.63) is 72.1 Å². The van der Waals surface area contributed by atoms with Crippen molar-refractivity contribution in [2.75, 3.05) is 6.54 Å². The third-order valence-electron chi connectivity index (χ3n) is 4.56. The lowest BCUT2D eigenvalue weighted by Gasteiger charge is -2.25. The third-order valence-corrected chi connectivity index (χ3v) is 4.56. The van der Waals surface area contributed by atoms with Gasteiger partial charge in [0.1, 0.15) is 0 Å². The molecule has 3 rings (SSSR count). The van der Waals surface area contributed by atoms with Crippen LogP contribution in [-0.2, 0) is 16.6 Å². The maximum atomic E-state index is 12.2. The van der Waals surface area contributed by atoms with E-state index in [0.717, 1.165) is 5.56 Å². The van der Waals surface area contributed by atoms with Crippen LogP contribution in [0.15, 0.2) is 65.1 Å².